The van der Waals surface area contributed by atoms with Gasteiger partial charge in [-0.1, -0.05) is 45.0 Å². The lowest BCUT2D eigenvalue weighted by molar-refractivity contribution is 0.589. The smallest absolute Gasteiger partial charge is 0.0473 e. The van der Waals surface area contributed by atoms with Gasteiger partial charge in [-0.15, -0.1) is 0 Å². The second-order valence-corrected chi connectivity index (χ2v) is 6.10. The minimum absolute atomic E-state index is 0.225. The predicted molar refractivity (Wildman–Crippen MR) is 81.4 cm³/mol. The highest BCUT2D eigenvalue weighted by atomic mass is 15.0. The van der Waals surface area contributed by atoms with Crippen molar-refractivity contribution in [1.29, 1.82) is 0 Å². The number of nitrogens with zero attached hydrogens (tertiary/aromatic N) is 1. The number of nitrogens with one attached hydrogen (secondary N) is 1. The summed E-state index contributed by atoms with van der Waals surface area (Å²) >= 11 is 0. The highest BCUT2D eigenvalue weighted by Crippen LogP contribution is 2.22. The number of rotatable bonds is 4. The van der Waals surface area contributed by atoms with E-state index in [0.29, 0.717) is 0 Å². The van der Waals surface area contributed by atoms with Gasteiger partial charge in [-0.2, -0.15) is 0 Å². The van der Waals surface area contributed by atoms with Crippen molar-refractivity contribution in [2.75, 3.05) is 7.05 Å². The molecule has 102 valence electrons. The van der Waals surface area contributed by atoms with Crippen LogP contribution in [0.15, 0.2) is 42.6 Å². The van der Waals surface area contributed by atoms with E-state index in [1.807, 2.05) is 7.05 Å². The molecule has 0 aliphatic rings. The Kier molecular flexibility index (Phi) is 4.11. The fraction of sp³-hybridized carbons (Fsp3) is 0.412. The third-order valence-corrected chi connectivity index (χ3v) is 3.45. The van der Waals surface area contributed by atoms with Gasteiger partial charge in [-0.3, -0.25) is 0 Å². The van der Waals surface area contributed by atoms with Crippen LogP contribution >= 0.6 is 0 Å². The van der Waals surface area contributed by atoms with Crippen molar-refractivity contribution in [3.8, 4) is 0 Å². The van der Waals surface area contributed by atoms with Gasteiger partial charge in [0.05, 0.1) is 0 Å². The Labute approximate surface area is 116 Å². The molecule has 19 heavy (non-hydrogen) atoms. The van der Waals surface area contributed by atoms with Gasteiger partial charge < -0.3 is 9.88 Å². The van der Waals surface area contributed by atoms with Crippen LogP contribution in [0.25, 0.3) is 0 Å². The van der Waals surface area contributed by atoms with E-state index < -0.39 is 0 Å². The van der Waals surface area contributed by atoms with Crippen LogP contribution in [0.3, 0.4) is 0 Å². The summed E-state index contributed by atoms with van der Waals surface area (Å²) in [4.78, 5) is 0. The number of hydrogen-bond donors (Lipinski definition) is 1. The summed E-state index contributed by atoms with van der Waals surface area (Å²) < 4.78 is 2.29. The zero-order chi connectivity index (χ0) is 13.9. The largest absolute Gasteiger partial charge is 0.346 e. The van der Waals surface area contributed by atoms with Crippen molar-refractivity contribution in [2.45, 2.75) is 39.3 Å². The molecule has 2 nitrogen and oxygen atoms in total. The minimum atomic E-state index is 0.225. The first-order chi connectivity index (χ1) is 9.00. The molecule has 1 heterocycles. The number of benzene rings is 1. The highest BCUT2D eigenvalue weighted by molar-refractivity contribution is 5.28. The molecule has 0 fully saturated rings. The third-order valence-electron chi connectivity index (χ3n) is 3.45. The normalized spacial score (nSPS) is 11.8. The topological polar surface area (TPSA) is 17.0 Å². The van der Waals surface area contributed by atoms with E-state index >= 15 is 0 Å². The van der Waals surface area contributed by atoms with E-state index in [9.17, 15) is 0 Å². The van der Waals surface area contributed by atoms with E-state index in [2.05, 4.69) is 73.3 Å². The molecule has 0 unspecified atom stereocenters. The summed E-state index contributed by atoms with van der Waals surface area (Å²) in [5.74, 6) is 0. The summed E-state index contributed by atoms with van der Waals surface area (Å²) in [6.07, 6.45) is 2.14. The maximum absolute atomic E-state index is 3.20. The molecule has 0 saturated carbocycles. The predicted octanol–water partition coefficient (Wildman–Crippen LogP) is 3.55. The van der Waals surface area contributed by atoms with Crippen LogP contribution < -0.4 is 5.32 Å². The van der Waals surface area contributed by atoms with Crippen LogP contribution in [-0.4, -0.2) is 11.6 Å². The quantitative estimate of drug-likeness (QED) is 0.885. The van der Waals surface area contributed by atoms with Gasteiger partial charge in [0.25, 0.3) is 0 Å². The van der Waals surface area contributed by atoms with Gasteiger partial charge in [-0.25, -0.2) is 0 Å². The van der Waals surface area contributed by atoms with Crippen LogP contribution in [0.5, 0.6) is 0 Å². The molecule has 0 aliphatic carbocycles. The molecule has 0 atom stereocenters. The average Bonchev–Trinajstić information content (AvgIpc) is 2.77. The molecule has 1 aromatic heterocycles. The molecule has 0 amide bonds. The maximum atomic E-state index is 3.20. The molecule has 1 aromatic carbocycles. The molecule has 0 saturated heterocycles. The molecule has 0 aliphatic heterocycles. The van der Waals surface area contributed by atoms with Crippen molar-refractivity contribution in [2.24, 2.45) is 0 Å². The minimum Gasteiger partial charge on any atom is -0.346 e. The summed E-state index contributed by atoms with van der Waals surface area (Å²) in [5, 5.41) is 3.20. The van der Waals surface area contributed by atoms with Crippen LogP contribution in [0, 0.1) is 0 Å². The lowest BCUT2D eigenvalue weighted by Gasteiger charge is -2.19. The van der Waals surface area contributed by atoms with Crippen molar-refractivity contribution in [3.63, 3.8) is 0 Å². The van der Waals surface area contributed by atoms with Crippen LogP contribution in [0.1, 0.15) is 37.6 Å². The van der Waals surface area contributed by atoms with E-state index in [-0.39, 0.29) is 5.41 Å². The van der Waals surface area contributed by atoms with E-state index in [1.165, 1.54) is 16.8 Å². The lowest BCUT2D eigenvalue weighted by atomic mass is 9.87. The summed E-state index contributed by atoms with van der Waals surface area (Å²) in [7, 11) is 1.98. The van der Waals surface area contributed by atoms with Crippen LogP contribution in [0.2, 0.25) is 0 Å². The van der Waals surface area contributed by atoms with Gasteiger partial charge in [0.15, 0.2) is 0 Å². The Bertz CT molecular complexity index is 515. The van der Waals surface area contributed by atoms with Gasteiger partial charge in [0.2, 0.25) is 0 Å². The standard InChI is InChI=1S/C17H24N2/c1-17(2,3)15-9-7-14(8-10-15)13-19-11-5-6-16(19)12-18-4/h5-11,18H,12-13H2,1-4H3. The van der Waals surface area contributed by atoms with Crippen molar-refractivity contribution >= 4 is 0 Å². The van der Waals surface area contributed by atoms with Gasteiger partial charge in [0.1, 0.15) is 0 Å². The molecular weight excluding hydrogens is 232 g/mol. The molecule has 2 aromatic rings. The third kappa shape index (κ3) is 3.48. The van der Waals surface area contributed by atoms with Gasteiger partial charge >= 0.3 is 0 Å². The van der Waals surface area contributed by atoms with Gasteiger partial charge in [0, 0.05) is 25.0 Å². The first-order valence-electron chi connectivity index (χ1n) is 6.89. The lowest BCUT2D eigenvalue weighted by Crippen LogP contribution is -2.12. The molecule has 0 bridgehead atoms. The monoisotopic (exact) mass is 256 g/mol. The molecule has 2 rings (SSSR count). The Hall–Kier alpha value is -1.54. The molecule has 1 N–H and O–H groups in total. The highest BCUT2D eigenvalue weighted by Gasteiger charge is 2.12. The molecule has 0 spiro atoms. The summed E-state index contributed by atoms with van der Waals surface area (Å²) in [6, 6.07) is 13.2. The van der Waals surface area contributed by atoms with Gasteiger partial charge in [-0.05, 0) is 35.7 Å². The average molecular weight is 256 g/mol. The van der Waals surface area contributed by atoms with E-state index in [0.717, 1.165) is 13.1 Å². The maximum Gasteiger partial charge on any atom is 0.0473 e. The van der Waals surface area contributed by atoms with Crippen molar-refractivity contribution in [1.82, 2.24) is 9.88 Å². The second-order valence-electron chi connectivity index (χ2n) is 6.10. The molecule has 0 radical (unpaired) electrons. The Morgan fingerprint density at radius 3 is 2.32 bits per heavy atom. The molecule has 2 heteroatoms. The number of hydrogen-bond acceptors (Lipinski definition) is 1. The van der Waals surface area contributed by atoms with Crippen LogP contribution in [-0.2, 0) is 18.5 Å². The summed E-state index contributed by atoms with van der Waals surface area (Å²) in [5.41, 5.74) is 4.28. The fourth-order valence-electron chi connectivity index (χ4n) is 2.25. The first kappa shape index (κ1) is 13.9. The summed E-state index contributed by atoms with van der Waals surface area (Å²) in [6.45, 7) is 8.60. The second kappa shape index (κ2) is 5.62. The van der Waals surface area contributed by atoms with Crippen molar-refractivity contribution in [3.05, 3.63) is 59.4 Å². The number of aromatic nitrogens is 1. The fourth-order valence-corrected chi connectivity index (χ4v) is 2.25. The van der Waals surface area contributed by atoms with E-state index in [1.54, 1.807) is 0 Å². The Morgan fingerprint density at radius 1 is 1.05 bits per heavy atom. The zero-order valence-corrected chi connectivity index (χ0v) is 12.4. The Morgan fingerprint density at radius 2 is 1.74 bits per heavy atom. The Balaban J connectivity index is 2.13. The first-order valence-corrected chi connectivity index (χ1v) is 6.89. The molecular formula is C17H24N2. The van der Waals surface area contributed by atoms with Crippen LogP contribution in [0.4, 0.5) is 0 Å². The SMILES string of the molecule is CNCc1cccn1Cc1ccc(C(C)(C)C)cc1. The van der Waals surface area contributed by atoms with E-state index in [4.69, 9.17) is 0 Å². The van der Waals surface area contributed by atoms with Crippen molar-refractivity contribution < 1.29 is 0 Å². The zero-order valence-electron chi connectivity index (χ0n) is 12.4.